The van der Waals surface area contributed by atoms with Gasteiger partial charge in [-0.15, -0.1) is 0 Å². The molecule has 9 heteroatoms. The molecule has 5 nitrogen and oxygen atoms in total. The molecule has 2 aromatic rings. The van der Waals surface area contributed by atoms with Gasteiger partial charge in [0.15, 0.2) is 0 Å². The number of sulfonamides is 1. The zero-order valence-electron chi connectivity index (χ0n) is 14.2. The van der Waals surface area contributed by atoms with Gasteiger partial charge in [-0.3, -0.25) is 0 Å². The van der Waals surface area contributed by atoms with Crippen LogP contribution < -0.4 is 9.62 Å². The average molecular weight is 397 g/mol. The first-order valence-corrected chi connectivity index (χ1v) is 9.81. The van der Waals surface area contributed by atoms with Crippen molar-refractivity contribution in [1.29, 1.82) is 0 Å². The quantitative estimate of drug-likeness (QED) is 0.841. The molecule has 1 aliphatic heterocycles. The Kier molecular flexibility index (Phi) is 5.52. The zero-order valence-corrected chi connectivity index (χ0v) is 15.0. The van der Waals surface area contributed by atoms with Gasteiger partial charge in [0.25, 0.3) is 0 Å². The van der Waals surface area contributed by atoms with Crippen molar-refractivity contribution in [2.75, 3.05) is 18.0 Å². The molecule has 1 fully saturated rings. The number of nitrogens with one attached hydrogen (secondary N) is 1. The minimum atomic E-state index is -4.43. The SMILES string of the molecule is O=S(=O)(/C=C/c1ccccc1)N[C@@H]1CCN(c2ccc(C(F)(F)F)cn2)C1. The number of aromatic nitrogens is 1. The molecule has 27 heavy (non-hydrogen) atoms. The summed E-state index contributed by atoms with van der Waals surface area (Å²) in [6, 6.07) is 11.0. The lowest BCUT2D eigenvalue weighted by molar-refractivity contribution is -0.137. The fourth-order valence-electron chi connectivity index (χ4n) is 2.81. The van der Waals surface area contributed by atoms with Gasteiger partial charge in [-0.1, -0.05) is 30.3 Å². The van der Waals surface area contributed by atoms with E-state index < -0.39 is 21.8 Å². The minimum Gasteiger partial charge on any atom is -0.355 e. The Balaban J connectivity index is 1.60. The normalized spacial score (nSPS) is 18.3. The number of anilines is 1. The molecule has 3 rings (SSSR count). The van der Waals surface area contributed by atoms with Gasteiger partial charge in [-0.25, -0.2) is 18.1 Å². The molecule has 1 aromatic carbocycles. The third-order valence-electron chi connectivity index (χ3n) is 4.16. The molecule has 0 unspecified atom stereocenters. The topological polar surface area (TPSA) is 62.3 Å². The van der Waals surface area contributed by atoms with Gasteiger partial charge >= 0.3 is 6.18 Å². The van der Waals surface area contributed by atoms with Crippen LogP contribution in [-0.2, 0) is 16.2 Å². The molecular formula is C18H18F3N3O2S. The summed E-state index contributed by atoms with van der Waals surface area (Å²) < 4.78 is 64.8. The maximum Gasteiger partial charge on any atom is 0.417 e. The lowest BCUT2D eigenvalue weighted by Gasteiger charge is -2.18. The summed E-state index contributed by atoms with van der Waals surface area (Å²) in [6.45, 7) is 0.852. The van der Waals surface area contributed by atoms with Crippen molar-refractivity contribution >= 4 is 21.9 Å². The van der Waals surface area contributed by atoms with E-state index in [1.54, 1.807) is 17.0 Å². The maximum absolute atomic E-state index is 12.6. The summed E-state index contributed by atoms with van der Waals surface area (Å²) in [5, 5.41) is 1.11. The number of rotatable bonds is 5. The number of halogens is 3. The molecule has 0 radical (unpaired) electrons. The van der Waals surface area contributed by atoms with Crippen molar-refractivity contribution in [2.45, 2.75) is 18.6 Å². The molecule has 0 saturated carbocycles. The third kappa shape index (κ3) is 5.30. The highest BCUT2D eigenvalue weighted by Crippen LogP contribution is 2.29. The van der Waals surface area contributed by atoms with Crippen molar-refractivity contribution < 1.29 is 21.6 Å². The van der Waals surface area contributed by atoms with E-state index in [-0.39, 0.29) is 6.04 Å². The van der Waals surface area contributed by atoms with Crippen LogP contribution in [0.1, 0.15) is 17.5 Å². The maximum atomic E-state index is 12.6. The van der Waals surface area contributed by atoms with E-state index in [1.807, 2.05) is 18.2 Å². The van der Waals surface area contributed by atoms with E-state index in [4.69, 9.17) is 0 Å². The first kappa shape index (κ1) is 19.4. The van der Waals surface area contributed by atoms with Gasteiger partial charge in [0, 0.05) is 30.7 Å². The number of pyridine rings is 1. The molecule has 1 aliphatic rings. The highest BCUT2D eigenvalue weighted by Gasteiger charge is 2.31. The number of nitrogens with zero attached hydrogens (tertiary/aromatic N) is 2. The molecule has 2 heterocycles. The van der Waals surface area contributed by atoms with Crippen LogP contribution in [0.3, 0.4) is 0 Å². The first-order valence-electron chi connectivity index (χ1n) is 8.27. The Bertz CT molecular complexity index is 898. The Morgan fingerprint density at radius 2 is 1.89 bits per heavy atom. The van der Waals surface area contributed by atoms with Crippen molar-refractivity contribution in [3.63, 3.8) is 0 Å². The Hall–Kier alpha value is -2.39. The van der Waals surface area contributed by atoms with Crippen LogP contribution in [-0.4, -0.2) is 32.5 Å². The van der Waals surface area contributed by atoms with Crippen LogP contribution in [0, 0.1) is 0 Å². The molecule has 0 aliphatic carbocycles. The van der Waals surface area contributed by atoms with Crippen LogP contribution >= 0.6 is 0 Å². The first-order chi connectivity index (χ1) is 12.7. The fraction of sp³-hybridized carbons (Fsp3) is 0.278. The van der Waals surface area contributed by atoms with Crippen LogP contribution in [0.25, 0.3) is 6.08 Å². The summed E-state index contributed by atoms with van der Waals surface area (Å²) in [7, 11) is -3.62. The van der Waals surface area contributed by atoms with Crippen molar-refractivity contribution in [3.05, 3.63) is 65.2 Å². The van der Waals surface area contributed by atoms with E-state index in [0.717, 1.165) is 23.2 Å². The van der Waals surface area contributed by atoms with Gasteiger partial charge in [-0.2, -0.15) is 13.2 Å². The number of hydrogen-bond acceptors (Lipinski definition) is 4. The van der Waals surface area contributed by atoms with Crippen LogP contribution in [0.5, 0.6) is 0 Å². The van der Waals surface area contributed by atoms with E-state index in [2.05, 4.69) is 9.71 Å². The van der Waals surface area contributed by atoms with Crippen molar-refractivity contribution in [2.24, 2.45) is 0 Å². The van der Waals surface area contributed by atoms with Gasteiger partial charge in [0.2, 0.25) is 10.0 Å². The highest BCUT2D eigenvalue weighted by atomic mass is 32.2. The molecule has 0 amide bonds. The summed E-state index contributed by atoms with van der Waals surface area (Å²) in [5.74, 6) is 0.393. The van der Waals surface area contributed by atoms with Gasteiger partial charge in [-0.05, 0) is 30.2 Å². The third-order valence-corrected chi connectivity index (χ3v) is 5.31. The van der Waals surface area contributed by atoms with Gasteiger partial charge < -0.3 is 4.90 Å². The summed E-state index contributed by atoms with van der Waals surface area (Å²) in [5.41, 5.74) is -0.0429. The van der Waals surface area contributed by atoms with Gasteiger partial charge in [0.1, 0.15) is 5.82 Å². The van der Waals surface area contributed by atoms with E-state index in [9.17, 15) is 21.6 Å². The molecule has 144 valence electrons. The van der Waals surface area contributed by atoms with Crippen LogP contribution in [0.4, 0.5) is 19.0 Å². The molecule has 1 aromatic heterocycles. The summed E-state index contributed by atoms with van der Waals surface area (Å²) in [4.78, 5) is 5.61. The van der Waals surface area contributed by atoms with Gasteiger partial charge in [0.05, 0.1) is 5.56 Å². The summed E-state index contributed by atoms with van der Waals surface area (Å²) in [6.07, 6.45) is -1.59. The van der Waals surface area contributed by atoms with Crippen molar-refractivity contribution in [1.82, 2.24) is 9.71 Å². The van der Waals surface area contributed by atoms with E-state index >= 15 is 0 Å². The summed E-state index contributed by atoms with van der Waals surface area (Å²) >= 11 is 0. The number of hydrogen-bond donors (Lipinski definition) is 1. The molecule has 0 spiro atoms. The zero-order chi connectivity index (χ0) is 19.5. The van der Waals surface area contributed by atoms with Crippen LogP contribution in [0.15, 0.2) is 54.1 Å². The molecular weight excluding hydrogens is 379 g/mol. The lowest BCUT2D eigenvalue weighted by atomic mass is 10.2. The molecule has 1 saturated heterocycles. The van der Waals surface area contributed by atoms with E-state index in [1.165, 1.54) is 12.1 Å². The Morgan fingerprint density at radius 3 is 2.52 bits per heavy atom. The molecule has 1 N–H and O–H groups in total. The smallest absolute Gasteiger partial charge is 0.355 e. The molecule has 1 atom stereocenters. The monoisotopic (exact) mass is 397 g/mol. The molecule has 0 bridgehead atoms. The predicted octanol–water partition coefficient (Wildman–Crippen LogP) is 3.27. The number of alkyl halides is 3. The van der Waals surface area contributed by atoms with Crippen molar-refractivity contribution in [3.8, 4) is 0 Å². The highest BCUT2D eigenvalue weighted by molar-refractivity contribution is 7.92. The second kappa shape index (κ2) is 7.69. The second-order valence-corrected chi connectivity index (χ2v) is 7.81. The average Bonchev–Trinajstić information content (AvgIpc) is 3.08. The fourth-order valence-corrected chi connectivity index (χ4v) is 3.88. The standard InChI is InChI=1S/C18H18F3N3O2S/c19-18(20,21)15-6-7-17(22-12-15)24-10-8-16(13-24)23-27(25,26)11-9-14-4-2-1-3-5-14/h1-7,9,11-12,16,23H,8,10,13H2/b11-9+/t16-/m1/s1. The number of benzene rings is 1. The predicted molar refractivity (Wildman–Crippen MR) is 97.4 cm³/mol. The van der Waals surface area contributed by atoms with Crippen LogP contribution in [0.2, 0.25) is 0 Å². The largest absolute Gasteiger partial charge is 0.417 e. The van der Waals surface area contributed by atoms with E-state index in [0.29, 0.717) is 25.3 Å². The second-order valence-electron chi connectivity index (χ2n) is 6.21. The Morgan fingerprint density at radius 1 is 1.15 bits per heavy atom. The minimum absolute atomic E-state index is 0.334. The lowest BCUT2D eigenvalue weighted by Crippen LogP contribution is -2.36. The Labute approximate surface area is 155 Å².